The summed E-state index contributed by atoms with van der Waals surface area (Å²) >= 11 is 0. The molecule has 0 radical (unpaired) electrons. The Hall–Kier alpha value is -5.14. The maximum atomic E-state index is 15.1. The number of anilines is 2. The minimum Gasteiger partial charge on any atom is -0.497 e. The number of ether oxygens (including phenoxy) is 2. The van der Waals surface area contributed by atoms with Gasteiger partial charge in [-0.15, -0.1) is 0 Å². The Kier molecular flexibility index (Phi) is 9.94. The molecule has 0 saturated carbocycles. The fourth-order valence-corrected chi connectivity index (χ4v) is 11.9. The molecule has 11 nitrogen and oxygen atoms in total. The van der Waals surface area contributed by atoms with Crippen molar-refractivity contribution in [2.75, 3.05) is 23.6 Å². The number of nitrogens with zero attached hydrogens (tertiary/aromatic N) is 4. The molecule has 0 aromatic heterocycles. The largest absolute Gasteiger partial charge is 0.497 e. The lowest BCUT2D eigenvalue weighted by Crippen LogP contribution is -2.48. The van der Waals surface area contributed by atoms with Gasteiger partial charge in [0.05, 0.1) is 55.9 Å². The van der Waals surface area contributed by atoms with Crippen LogP contribution >= 0.6 is 0 Å². The molecule has 1 fully saturated rings. The Bertz CT molecular complexity index is 2190. The molecule has 5 atom stereocenters. The van der Waals surface area contributed by atoms with Crippen LogP contribution < -0.4 is 14.6 Å². The molecular weight excluding hydrogens is 725 g/mol. The molecule has 56 heavy (non-hydrogen) atoms. The van der Waals surface area contributed by atoms with Crippen molar-refractivity contribution in [3.05, 3.63) is 125 Å². The average molecular weight is 773 g/mol. The van der Waals surface area contributed by atoms with E-state index in [9.17, 15) is 19.5 Å². The van der Waals surface area contributed by atoms with Gasteiger partial charge in [0.1, 0.15) is 5.75 Å². The number of benzene rings is 4. The smallest absolute Gasteiger partial charge is 0.264 e. The highest BCUT2D eigenvalue weighted by Crippen LogP contribution is 2.60. The first-order valence-electron chi connectivity index (χ1n) is 19.4. The SMILES string of the molecule is COc1ccc2c(c1)[C@]1(O[C@@H](CC(=O)N3Cc4ccccc4C[C@H]3CO)[C@H]([Si](C)(C)O)[C@H]1C)C(=O)N2Cc1ccc(N2N=C(c3ccccc3)CCC2=O)cc1. The second-order valence-electron chi connectivity index (χ2n) is 16.0. The van der Waals surface area contributed by atoms with Gasteiger partial charge in [0.25, 0.3) is 5.91 Å². The minimum atomic E-state index is -3.06. The molecule has 3 amide bonds. The topological polar surface area (TPSA) is 132 Å². The first kappa shape index (κ1) is 37.8. The molecule has 4 aromatic carbocycles. The van der Waals surface area contributed by atoms with Crippen molar-refractivity contribution >= 4 is 43.1 Å². The Labute approximate surface area is 328 Å². The molecule has 4 heterocycles. The van der Waals surface area contributed by atoms with E-state index in [2.05, 4.69) is 0 Å². The van der Waals surface area contributed by atoms with Crippen molar-refractivity contribution < 1.29 is 33.8 Å². The number of amides is 3. The van der Waals surface area contributed by atoms with Crippen LogP contribution in [0.3, 0.4) is 0 Å². The number of fused-ring (bicyclic) bond motifs is 3. The molecule has 0 aliphatic carbocycles. The van der Waals surface area contributed by atoms with Gasteiger partial charge in [0, 0.05) is 36.4 Å². The minimum absolute atomic E-state index is 0.0376. The van der Waals surface area contributed by atoms with Crippen molar-refractivity contribution in [2.45, 2.75) is 82.1 Å². The summed E-state index contributed by atoms with van der Waals surface area (Å²) in [5.41, 5.74) is 4.85. The quantitative estimate of drug-likeness (QED) is 0.203. The number of aliphatic hydroxyl groups is 1. The Morgan fingerprint density at radius 3 is 2.38 bits per heavy atom. The first-order chi connectivity index (χ1) is 26.9. The van der Waals surface area contributed by atoms with Crippen LogP contribution in [0.2, 0.25) is 18.6 Å². The Balaban J connectivity index is 1.09. The highest BCUT2D eigenvalue weighted by Gasteiger charge is 2.66. The summed E-state index contributed by atoms with van der Waals surface area (Å²) in [6, 6.07) is 30.4. The molecule has 0 unspecified atom stereocenters. The normalized spacial score (nSPS) is 24.7. The number of carbonyl (C=O) groups excluding carboxylic acids is 3. The maximum absolute atomic E-state index is 15.1. The van der Waals surface area contributed by atoms with E-state index in [1.54, 1.807) is 16.9 Å². The van der Waals surface area contributed by atoms with Gasteiger partial charge in [-0.2, -0.15) is 5.10 Å². The fraction of sp³-hybridized carbons (Fsp3) is 0.364. The number of hydrogen-bond acceptors (Lipinski definition) is 8. The Morgan fingerprint density at radius 1 is 0.964 bits per heavy atom. The van der Waals surface area contributed by atoms with Gasteiger partial charge in [0.2, 0.25) is 11.8 Å². The predicted molar refractivity (Wildman–Crippen MR) is 216 cm³/mol. The van der Waals surface area contributed by atoms with E-state index in [4.69, 9.17) is 14.6 Å². The number of hydrazone groups is 1. The van der Waals surface area contributed by atoms with Crippen LogP contribution in [0.15, 0.2) is 102 Å². The zero-order chi connectivity index (χ0) is 39.4. The second-order valence-corrected chi connectivity index (χ2v) is 19.9. The average Bonchev–Trinajstić information content (AvgIpc) is 3.63. The van der Waals surface area contributed by atoms with Crippen molar-refractivity contribution in [2.24, 2.45) is 11.0 Å². The molecule has 2 N–H and O–H groups in total. The van der Waals surface area contributed by atoms with Crippen LogP contribution in [-0.4, -0.2) is 72.4 Å². The number of carbonyl (C=O) groups is 3. The zero-order valence-corrected chi connectivity index (χ0v) is 33.2. The van der Waals surface area contributed by atoms with E-state index >= 15 is 4.79 Å². The van der Waals surface area contributed by atoms with Gasteiger partial charge >= 0.3 is 0 Å². The lowest BCUT2D eigenvalue weighted by molar-refractivity contribution is -0.151. The molecule has 290 valence electrons. The molecule has 1 saturated heterocycles. The highest BCUT2D eigenvalue weighted by molar-refractivity contribution is 6.71. The lowest BCUT2D eigenvalue weighted by Gasteiger charge is -2.37. The summed E-state index contributed by atoms with van der Waals surface area (Å²) in [4.78, 5) is 57.6. The van der Waals surface area contributed by atoms with Gasteiger partial charge in [-0.3, -0.25) is 14.4 Å². The molecular formula is C44H48N4O7Si. The third-order valence-corrected chi connectivity index (χ3v) is 14.6. The highest BCUT2D eigenvalue weighted by atomic mass is 28.4. The van der Waals surface area contributed by atoms with Gasteiger partial charge in [-0.05, 0) is 72.1 Å². The summed E-state index contributed by atoms with van der Waals surface area (Å²) < 4.78 is 12.6. The predicted octanol–water partition coefficient (Wildman–Crippen LogP) is 5.91. The number of aliphatic hydroxyl groups excluding tert-OH is 1. The number of rotatable bonds is 9. The fourth-order valence-electron chi connectivity index (χ4n) is 9.39. The van der Waals surface area contributed by atoms with E-state index in [-0.39, 0.29) is 43.3 Å². The summed E-state index contributed by atoms with van der Waals surface area (Å²) in [6.07, 6.45) is 0.692. The summed E-state index contributed by atoms with van der Waals surface area (Å²) in [7, 11) is -1.48. The van der Waals surface area contributed by atoms with Crippen molar-refractivity contribution in [3.63, 3.8) is 0 Å². The monoisotopic (exact) mass is 772 g/mol. The van der Waals surface area contributed by atoms with Crippen LogP contribution in [0.1, 0.15) is 54.0 Å². The number of hydrogen-bond donors (Lipinski definition) is 2. The van der Waals surface area contributed by atoms with Gasteiger partial charge in [-0.1, -0.05) is 73.7 Å². The number of methoxy groups -OCH3 is 1. The van der Waals surface area contributed by atoms with Gasteiger partial charge in [0.15, 0.2) is 13.9 Å². The van der Waals surface area contributed by atoms with Crippen LogP contribution in [0.4, 0.5) is 11.4 Å². The van der Waals surface area contributed by atoms with E-state index in [1.165, 1.54) is 5.01 Å². The molecule has 4 aromatic rings. The van der Waals surface area contributed by atoms with Crippen molar-refractivity contribution in [3.8, 4) is 5.75 Å². The standard InChI is InChI=1S/C44H48N4O7Si/c1-28-42(56(3,4)53)39(24-41(51)46-26-32-13-9-8-12-31(32)22-34(46)27-49)55-44(28)36-23-35(54-2)18-20-38(36)47(43(44)52)25-29-14-16-33(17-15-29)48-40(50)21-19-37(45-48)30-10-6-5-7-11-30/h5-18,20,23,28,34,39,42,49,53H,19,21-22,24-27H2,1-4H3/t28-,34+,39+,42-,44+/m1/s1. The van der Waals surface area contributed by atoms with Gasteiger partial charge < -0.3 is 29.2 Å². The van der Waals surface area contributed by atoms with Gasteiger partial charge in [-0.25, -0.2) is 5.01 Å². The zero-order valence-electron chi connectivity index (χ0n) is 32.2. The molecule has 1 spiro atoms. The van der Waals surface area contributed by atoms with E-state index < -0.39 is 31.5 Å². The van der Waals surface area contributed by atoms with Crippen molar-refractivity contribution in [1.82, 2.24) is 4.90 Å². The Morgan fingerprint density at radius 2 is 1.68 bits per heavy atom. The van der Waals surface area contributed by atoms with Crippen LogP contribution in [0, 0.1) is 5.92 Å². The summed E-state index contributed by atoms with van der Waals surface area (Å²) in [6.45, 7) is 6.05. The van der Waals surface area contributed by atoms with Crippen molar-refractivity contribution in [1.29, 1.82) is 0 Å². The lowest BCUT2D eigenvalue weighted by atomic mass is 9.82. The third kappa shape index (κ3) is 6.53. The molecule has 0 bridgehead atoms. The molecule has 4 aliphatic rings. The van der Waals surface area contributed by atoms with Crippen LogP contribution in [0.25, 0.3) is 0 Å². The summed E-state index contributed by atoms with van der Waals surface area (Å²) in [5.74, 6) is -0.445. The third-order valence-electron chi connectivity index (χ3n) is 12.1. The molecule has 4 aliphatic heterocycles. The first-order valence-corrected chi connectivity index (χ1v) is 22.4. The molecule has 12 heteroatoms. The second kappa shape index (κ2) is 14.7. The molecule has 8 rings (SSSR count). The van der Waals surface area contributed by atoms with Crippen LogP contribution in [0.5, 0.6) is 5.75 Å². The summed E-state index contributed by atoms with van der Waals surface area (Å²) in [5, 5.41) is 16.5. The van der Waals surface area contributed by atoms with E-state index in [0.29, 0.717) is 48.5 Å². The maximum Gasteiger partial charge on any atom is 0.264 e. The van der Waals surface area contributed by atoms with E-state index in [0.717, 1.165) is 28.0 Å². The van der Waals surface area contributed by atoms with Crippen LogP contribution in [-0.2, 0) is 44.2 Å². The van der Waals surface area contributed by atoms with E-state index in [1.807, 2.05) is 117 Å².